The number of hydrogen-bond donors (Lipinski definition) is 1. The van der Waals surface area contributed by atoms with Crippen LogP contribution < -0.4 is 5.73 Å². The first-order valence-electron chi connectivity index (χ1n) is 6.27. The van der Waals surface area contributed by atoms with Crippen LogP contribution in [0.2, 0.25) is 0 Å². The molecule has 2 rings (SSSR count). The van der Waals surface area contributed by atoms with Crippen LogP contribution >= 0.6 is 0 Å². The Morgan fingerprint density at radius 2 is 1.94 bits per heavy atom. The molecule has 1 fully saturated rings. The molecule has 0 spiro atoms. The average molecular weight is 236 g/mol. The number of likely N-dealkylation sites (tertiary alicyclic amines) is 1. The van der Waals surface area contributed by atoms with Gasteiger partial charge in [-0.15, -0.1) is 0 Å². The molecule has 0 amide bonds. The van der Waals surface area contributed by atoms with Crippen LogP contribution in [-0.4, -0.2) is 30.7 Å². The zero-order valence-electron chi connectivity index (χ0n) is 10.5. The lowest BCUT2D eigenvalue weighted by Gasteiger charge is -2.35. The van der Waals surface area contributed by atoms with Gasteiger partial charge >= 0.3 is 0 Å². The smallest absolute Gasteiger partial charge is 0.127 e. The molecule has 1 heterocycles. The molecule has 1 saturated heterocycles. The van der Waals surface area contributed by atoms with E-state index in [1.165, 1.54) is 0 Å². The van der Waals surface area contributed by atoms with Crippen LogP contribution in [0.5, 0.6) is 0 Å². The average Bonchev–Trinajstić information content (AvgIpc) is 2.29. The molecular weight excluding hydrogens is 215 g/mol. The largest absolute Gasteiger partial charge is 0.326 e. The second kappa shape index (κ2) is 5.15. The Morgan fingerprint density at radius 3 is 2.53 bits per heavy atom. The molecule has 0 radical (unpaired) electrons. The highest BCUT2D eigenvalue weighted by Crippen LogP contribution is 2.28. The summed E-state index contributed by atoms with van der Waals surface area (Å²) in [5.74, 6) is 0. The number of nitrogens with two attached hydrogens (primary N) is 1. The lowest BCUT2D eigenvalue weighted by molar-refractivity contribution is 0.0590. The molecule has 3 heteroatoms. The summed E-state index contributed by atoms with van der Waals surface area (Å²) < 4.78 is 14.6. The molecule has 17 heavy (non-hydrogen) atoms. The number of rotatable bonds is 3. The summed E-state index contributed by atoms with van der Waals surface area (Å²) in [6.07, 6.45) is 2.14. The van der Waals surface area contributed by atoms with Gasteiger partial charge < -0.3 is 10.6 Å². The van der Waals surface area contributed by atoms with Gasteiger partial charge in [0, 0.05) is 19.5 Å². The second-order valence-corrected chi connectivity index (χ2v) is 5.19. The Kier molecular flexibility index (Phi) is 3.79. The second-order valence-electron chi connectivity index (χ2n) is 5.19. The highest BCUT2D eigenvalue weighted by Gasteiger charge is 2.34. The summed E-state index contributed by atoms with van der Waals surface area (Å²) in [5, 5.41) is 0. The first-order valence-corrected chi connectivity index (χ1v) is 6.27. The summed E-state index contributed by atoms with van der Waals surface area (Å²) in [5.41, 5.74) is 6.66. The summed E-state index contributed by atoms with van der Waals surface area (Å²) >= 11 is 0. The van der Waals surface area contributed by atoms with E-state index >= 15 is 0 Å². The predicted octanol–water partition coefficient (Wildman–Crippen LogP) is 2.12. The van der Waals surface area contributed by atoms with Gasteiger partial charge in [0.1, 0.15) is 5.67 Å². The summed E-state index contributed by atoms with van der Waals surface area (Å²) in [6.45, 7) is 2.10. The highest BCUT2D eigenvalue weighted by molar-refractivity contribution is 5.24. The molecule has 0 aromatic heterocycles. The number of halogens is 1. The lowest BCUT2D eigenvalue weighted by Crippen LogP contribution is -2.44. The van der Waals surface area contributed by atoms with Gasteiger partial charge in [0.25, 0.3) is 0 Å². The third kappa shape index (κ3) is 3.27. The van der Waals surface area contributed by atoms with Crippen molar-refractivity contribution >= 4 is 0 Å². The van der Waals surface area contributed by atoms with E-state index in [1.54, 1.807) is 0 Å². The third-order valence-corrected chi connectivity index (χ3v) is 3.50. The zero-order chi connectivity index (χ0) is 12.3. The molecule has 1 aliphatic heterocycles. The number of hydrogen-bond acceptors (Lipinski definition) is 2. The van der Waals surface area contributed by atoms with Gasteiger partial charge in [-0.05, 0) is 37.6 Å². The van der Waals surface area contributed by atoms with Crippen molar-refractivity contribution in [2.75, 3.05) is 20.1 Å². The highest BCUT2D eigenvalue weighted by atomic mass is 19.1. The van der Waals surface area contributed by atoms with Crippen molar-refractivity contribution in [3.05, 3.63) is 35.4 Å². The first kappa shape index (κ1) is 12.5. The minimum Gasteiger partial charge on any atom is -0.326 e. The SMILES string of the molecule is CN1CCCC(F)(Cc2ccc(CN)cc2)C1. The number of alkyl halides is 1. The van der Waals surface area contributed by atoms with Gasteiger partial charge in [-0.1, -0.05) is 24.3 Å². The van der Waals surface area contributed by atoms with E-state index in [0.29, 0.717) is 25.9 Å². The third-order valence-electron chi connectivity index (χ3n) is 3.50. The fourth-order valence-electron chi connectivity index (χ4n) is 2.61. The Balaban J connectivity index is 2.03. The van der Waals surface area contributed by atoms with E-state index < -0.39 is 5.67 Å². The van der Waals surface area contributed by atoms with Crippen molar-refractivity contribution in [3.63, 3.8) is 0 Å². The van der Waals surface area contributed by atoms with E-state index in [2.05, 4.69) is 4.90 Å². The molecular formula is C14H21FN2. The van der Waals surface area contributed by atoms with E-state index in [-0.39, 0.29) is 0 Å². The van der Waals surface area contributed by atoms with Crippen molar-refractivity contribution in [3.8, 4) is 0 Å². The predicted molar refractivity (Wildman–Crippen MR) is 68.6 cm³/mol. The summed E-state index contributed by atoms with van der Waals surface area (Å²) in [7, 11) is 1.99. The first-order chi connectivity index (χ1) is 8.11. The van der Waals surface area contributed by atoms with Crippen molar-refractivity contribution < 1.29 is 4.39 Å². The topological polar surface area (TPSA) is 29.3 Å². The fourth-order valence-corrected chi connectivity index (χ4v) is 2.61. The van der Waals surface area contributed by atoms with Crippen molar-refractivity contribution in [2.45, 2.75) is 31.5 Å². The van der Waals surface area contributed by atoms with Gasteiger partial charge in [-0.2, -0.15) is 0 Å². The Morgan fingerprint density at radius 1 is 1.29 bits per heavy atom. The Bertz CT molecular complexity index is 363. The maximum absolute atomic E-state index is 14.6. The zero-order valence-corrected chi connectivity index (χ0v) is 10.5. The van der Waals surface area contributed by atoms with Crippen LogP contribution in [0.15, 0.2) is 24.3 Å². The van der Waals surface area contributed by atoms with Gasteiger partial charge in [0.05, 0.1) is 0 Å². The lowest BCUT2D eigenvalue weighted by atomic mass is 9.88. The van der Waals surface area contributed by atoms with E-state index in [4.69, 9.17) is 5.73 Å². The molecule has 0 bridgehead atoms. The molecule has 94 valence electrons. The van der Waals surface area contributed by atoms with Gasteiger partial charge in [0.15, 0.2) is 0 Å². The minimum absolute atomic E-state index is 0.516. The molecule has 2 nitrogen and oxygen atoms in total. The minimum atomic E-state index is -1.06. The standard InChI is InChI=1S/C14H21FN2/c1-17-8-2-7-14(15,11-17)9-12-3-5-13(10-16)6-4-12/h3-6H,2,7-11,16H2,1H3. The number of nitrogens with zero attached hydrogens (tertiary/aromatic N) is 1. The number of benzene rings is 1. The van der Waals surface area contributed by atoms with Crippen LogP contribution in [0.4, 0.5) is 4.39 Å². The molecule has 1 unspecified atom stereocenters. The molecule has 1 aromatic carbocycles. The molecule has 0 aliphatic carbocycles. The molecule has 0 saturated carbocycles. The summed E-state index contributed by atoms with van der Waals surface area (Å²) in [6, 6.07) is 7.98. The summed E-state index contributed by atoms with van der Waals surface area (Å²) in [4.78, 5) is 2.08. The maximum Gasteiger partial charge on any atom is 0.127 e. The van der Waals surface area contributed by atoms with Crippen LogP contribution in [0.3, 0.4) is 0 Å². The van der Waals surface area contributed by atoms with Crippen molar-refractivity contribution in [1.29, 1.82) is 0 Å². The van der Waals surface area contributed by atoms with E-state index in [9.17, 15) is 4.39 Å². The quantitative estimate of drug-likeness (QED) is 0.871. The van der Waals surface area contributed by atoms with Crippen molar-refractivity contribution in [2.24, 2.45) is 5.73 Å². The van der Waals surface area contributed by atoms with Gasteiger partial charge in [-0.25, -0.2) is 4.39 Å². The molecule has 2 N–H and O–H groups in total. The van der Waals surface area contributed by atoms with E-state index in [0.717, 1.165) is 24.1 Å². The maximum atomic E-state index is 14.6. The molecule has 1 aromatic rings. The molecule has 1 atom stereocenters. The monoisotopic (exact) mass is 236 g/mol. The Hall–Kier alpha value is -0.930. The van der Waals surface area contributed by atoms with Gasteiger partial charge in [-0.3, -0.25) is 0 Å². The number of piperidine rings is 1. The molecule has 1 aliphatic rings. The Labute approximate surface area is 103 Å². The fraction of sp³-hybridized carbons (Fsp3) is 0.571. The van der Waals surface area contributed by atoms with Gasteiger partial charge in [0.2, 0.25) is 0 Å². The normalized spacial score (nSPS) is 26.1. The van der Waals surface area contributed by atoms with Crippen molar-refractivity contribution in [1.82, 2.24) is 4.90 Å². The van der Waals surface area contributed by atoms with Crippen LogP contribution in [-0.2, 0) is 13.0 Å². The van der Waals surface area contributed by atoms with Crippen LogP contribution in [0, 0.1) is 0 Å². The van der Waals surface area contributed by atoms with Crippen LogP contribution in [0.1, 0.15) is 24.0 Å². The van der Waals surface area contributed by atoms with Crippen LogP contribution in [0.25, 0.3) is 0 Å². The van der Waals surface area contributed by atoms with E-state index in [1.807, 2.05) is 31.3 Å².